The first kappa shape index (κ1) is 17.5. The molecule has 1 aliphatic carbocycles. The molecule has 1 fully saturated rings. The largest absolute Gasteiger partial charge is 0.442 e. The lowest BCUT2D eigenvalue weighted by Crippen LogP contribution is -2.24. The van der Waals surface area contributed by atoms with Crippen molar-refractivity contribution < 1.29 is 13.6 Å². The highest BCUT2D eigenvalue weighted by Crippen LogP contribution is 2.40. The number of nitrogens with one attached hydrogen (secondary N) is 2. The molecule has 0 spiro atoms. The zero-order valence-corrected chi connectivity index (χ0v) is 15.5. The van der Waals surface area contributed by atoms with Gasteiger partial charge < -0.3 is 15.1 Å². The number of furan rings is 1. The van der Waals surface area contributed by atoms with Gasteiger partial charge in [0.25, 0.3) is 5.91 Å². The first-order valence-electron chi connectivity index (χ1n) is 8.92. The molecule has 7 heteroatoms. The second-order valence-corrected chi connectivity index (χ2v) is 7.39. The Bertz CT molecular complexity index is 1040. The first-order chi connectivity index (χ1) is 12.9. The number of rotatable bonds is 5. The fraction of sp³-hybridized carbons (Fsp3) is 0.350. The van der Waals surface area contributed by atoms with E-state index in [-0.39, 0.29) is 17.3 Å². The number of carbonyl (C=O) groups is 1. The van der Waals surface area contributed by atoms with Crippen molar-refractivity contribution in [3.63, 3.8) is 0 Å². The standard InChI is InChI=1S/C20H21FN4O2/c1-11-8-13(4-5-14(11)21)9-22-18(26)15-12(2)27-19-16(15)17(23-10-24-19)25-20(3)6-7-20/h4-5,8,10H,6-7,9H2,1-3H3,(H,22,26)(H,23,24,25). The molecule has 0 aliphatic heterocycles. The topological polar surface area (TPSA) is 80.1 Å². The van der Waals surface area contributed by atoms with Crippen molar-refractivity contribution in [3.8, 4) is 0 Å². The van der Waals surface area contributed by atoms with Crippen molar-refractivity contribution in [1.29, 1.82) is 0 Å². The third kappa shape index (κ3) is 3.37. The van der Waals surface area contributed by atoms with E-state index in [0.29, 0.717) is 40.3 Å². The summed E-state index contributed by atoms with van der Waals surface area (Å²) < 4.78 is 19.1. The summed E-state index contributed by atoms with van der Waals surface area (Å²) in [5.41, 5.74) is 2.19. The van der Waals surface area contributed by atoms with Gasteiger partial charge in [-0.15, -0.1) is 0 Å². The molecule has 1 aliphatic rings. The Kier molecular flexibility index (Phi) is 4.09. The molecule has 0 radical (unpaired) electrons. The van der Waals surface area contributed by atoms with Crippen LogP contribution in [0.1, 0.15) is 47.0 Å². The van der Waals surface area contributed by atoms with Gasteiger partial charge in [0, 0.05) is 12.1 Å². The maximum atomic E-state index is 13.4. The second-order valence-electron chi connectivity index (χ2n) is 7.39. The van der Waals surface area contributed by atoms with Crippen LogP contribution in [0.5, 0.6) is 0 Å². The highest BCUT2D eigenvalue weighted by atomic mass is 19.1. The molecule has 0 unspecified atom stereocenters. The highest BCUT2D eigenvalue weighted by Gasteiger charge is 2.38. The van der Waals surface area contributed by atoms with Gasteiger partial charge in [0.15, 0.2) is 0 Å². The molecule has 2 N–H and O–H groups in total. The molecular formula is C20H21FN4O2. The Morgan fingerprint density at radius 1 is 1.30 bits per heavy atom. The Hall–Kier alpha value is -2.96. The third-order valence-electron chi connectivity index (χ3n) is 4.99. The number of aromatic nitrogens is 2. The number of amides is 1. The Balaban J connectivity index is 1.62. The predicted octanol–water partition coefficient (Wildman–Crippen LogP) is 3.87. The maximum Gasteiger partial charge on any atom is 0.255 e. The minimum absolute atomic E-state index is 0.00580. The van der Waals surface area contributed by atoms with Gasteiger partial charge in [0.05, 0.1) is 10.9 Å². The average molecular weight is 368 g/mol. The predicted molar refractivity (Wildman–Crippen MR) is 100 cm³/mol. The molecule has 6 nitrogen and oxygen atoms in total. The number of anilines is 1. The van der Waals surface area contributed by atoms with E-state index in [1.807, 2.05) is 0 Å². The van der Waals surface area contributed by atoms with Crippen molar-refractivity contribution in [2.24, 2.45) is 0 Å². The summed E-state index contributed by atoms with van der Waals surface area (Å²) in [6.45, 7) is 5.84. The van der Waals surface area contributed by atoms with Gasteiger partial charge in [-0.05, 0) is 50.8 Å². The Morgan fingerprint density at radius 2 is 2.07 bits per heavy atom. The van der Waals surface area contributed by atoms with Crippen LogP contribution in [0.15, 0.2) is 28.9 Å². The summed E-state index contributed by atoms with van der Waals surface area (Å²) in [5, 5.41) is 6.87. The van der Waals surface area contributed by atoms with Crippen molar-refractivity contribution in [2.75, 3.05) is 5.32 Å². The van der Waals surface area contributed by atoms with Crippen molar-refractivity contribution in [1.82, 2.24) is 15.3 Å². The summed E-state index contributed by atoms with van der Waals surface area (Å²) in [7, 11) is 0. The smallest absolute Gasteiger partial charge is 0.255 e. The summed E-state index contributed by atoms with van der Waals surface area (Å²) in [6, 6.07) is 4.79. The van der Waals surface area contributed by atoms with Crippen molar-refractivity contribution in [3.05, 3.63) is 52.8 Å². The molecule has 27 heavy (non-hydrogen) atoms. The van der Waals surface area contributed by atoms with Crippen LogP contribution >= 0.6 is 0 Å². The van der Waals surface area contributed by atoms with Gasteiger partial charge in [-0.25, -0.2) is 14.4 Å². The normalized spacial score (nSPS) is 15.0. The number of aryl methyl sites for hydroxylation is 2. The number of fused-ring (bicyclic) bond motifs is 1. The molecule has 0 bridgehead atoms. The van der Waals surface area contributed by atoms with E-state index in [1.165, 1.54) is 12.4 Å². The number of hydrogen-bond donors (Lipinski definition) is 2. The van der Waals surface area contributed by atoms with E-state index >= 15 is 0 Å². The van der Waals surface area contributed by atoms with Gasteiger partial charge in [-0.3, -0.25) is 4.79 Å². The van der Waals surface area contributed by atoms with Crippen LogP contribution in [-0.4, -0.2) is 21.4 Å². The van der Waals surface area contributed by atoms with Crippen LogP contribution in [0.3, 0.4) is 0 Å². The first-order valence-corrected chi connectivity index (χ1v) is 8.92. The molecule has 1 saturated carbocycles. The maximum absolute atomic E-state index is 13.4. The van der Waals surface area contributed by atoms with Gasteiger partial charge in [-0.2, -0.15) is 0 Å². The number of hydrogen-bond acceptors (Lipinski definition) is 5. The molecule has 2 heterocycles. The van der Waals surface area contributed by atoms with Crippen LogP contribution in [0.4, 0.5) is 10.2 Å². The number of carbonyl (C=O) groups excluding carboxylic acids is 1. The van der Waals surface area contributed by atoms with E-state index in [9.17, 15) is 9.18 Å². The number of benzene rings is 1. The fourth-order valence-electron chi connectivity index (χ4n) is 3.10. The van der Waals surface area contributed by atoms with Gasteiger partial charge in [0.1, 0.15) is 23.7 Å². The molecule has 0 saturated heterocycles. The van der Waals surface area contributed by atoms with Crippen LogP contribution in [0.2, 0.25) is 0 Å². The zero-order valence-electron chi connectivity index (χ0n) is 15.5. The highest BCUT2D eigenvalue weighted by molar-refractivity contribution is 6.10. The minimum atomic E-state index is -0.271. The lowest BCUT2D eigenvalue weighted by molar-refractivity contribution is 0.0951. The molecule has 3 aromatic rings. The van der Waals surface area contributed by atoms with Crippen LogP contribution in [0, 0.1) is 19.7 Å². The van der Waals surface area contributed by atoms with Crippen LogP contribution in [-0.2, 0) is 6.54 Å². The summed E-state index contributed by atoms with van der Waals surface area (Å²) in [4.78, 5) is 21.4. The van der Waals surface area contributed by atoms with Crippen LogP contribution in [0.25, 0.3) is 11.1 Å². The summed E-state index contributed by atoms with van der Waals surface area (Å²) in [5.74, 6) is 0.567. The molecular weight excluding hydrogens is 347 g/mol. The van der Waals surface area contributed by atoms with E-state index < -0.39 is 0 Å². The molecule has 1 amide bonds. The monoisotopic (exact) mass is 368 g/mol. The van der Waals surface area contributed by atoms with E-state index in [1.54, 1.807) is 26.0 Å². The van der Waals surface area contributed by atoms with Crippen LogP contribution < -0.4 is 10.6 Å². The Labute approximate surface area is 156 Å². The lowest BCUT2D eigenvalue weighted by Gasteiger charge is -2.13. The SMILES string of the molecule is Cc1cc(CNC(=O)c2c(C)oc3ncnc(NC4(C)CC4)c23)ccc1F. The molecule has 4 rings (SSSR count). The molecule has 0 atom stereocenters. The second kappa shape index (κ2) is 6.33. The van der Waals surface area contributed by atoms with Gasteiger partial charge in [-0.1, -0.05) is 12.1 Å². The quantitative estimate of drug-likeness (QED) is 0.715. The average Bonchev–Trinajstić information content (AvgIpc) is 3.24. The number of halogens is 1. The summed E-state index contributed by atoms with van der Waals surface area (Å²) >= 11 is 0. The van der Waals surface area contributed by atoms with E-state index in [0.717, 1.165) is 18.4 Å². The Morgan fingerprint density at radius 3 is 2.78 bits per heavy atom. The van der Waals surface area contributed by atoms with E-state index in [2.05, 4.69) is 27.5 Å². The number of nitrogens with zero attached hydrogens (tertiary/aromatic N) is 2. The third-order valence-corrected chi connectivity index (χ3v) is 4.99. The molecule has 140 valence electrons. The van der Waals surface area contributed by atoms with Crippen molar-refractivity contribution in [2.45, 2.75) is 45.7 Å². The summed E-state index contributed by atoms with van der Waals surface area (Å²) in [6.07, 6.45) is 3.55. The lowest BCUT2D eigenvalue weighted by atomic mass is 10.1. The zero-order chi connectivity index (χ0) is 19.2. The van der Waals surface area contributed by atoms with Gasteiger partial charge >= 0.3 is 0 Å². The molecule has 1 aromatic carbocycles. The fourth-order valence-corrected chi connectivity index (χ4v) is 3.10. The molecule has 2 aromatic heterocycles. The van der Waals surface area contributed by atoms with Crippen molar-refractivity contribution >= 4 is 22.8 Å². The minimum Gasteiger partial charge on any atom is -0.442 e. The van der Waals surface area contributed by atoms with E-state index in [4.69, 9.17) is 4.42 Å². The van der Waals surface area contributed by atoms with Gasteiger partial charge in [0.2, 0.25) is 5.71 Å².